The van der Waals surface area contributed by atoms with Gasteiger partial charge in [0.2, 0.25) is 11.8 Å². The summed E-state index contributed by atoms with van der Waals surface area (Å²) in [4.78, 5) is 25.3. The van der Waals surface area contributed by atoms with Crippen LogP contribution in [0.3, 0.4) is 0 Å². The molecule has 30 heavy (non-hydrogen) atoms. The van der Waals surface area contributed by atoms with Crippen molar-refractivity contribution in [3.8, 4) is 5.75 Å². The van der Waals surface area contributed by atoms with Crippen molar-refractivity contribution >= 4 is 17.9 Å². The minimum Gasteiger partial charge on any atom is -0.494 e. The number of fused-ring (bicyclic) bond motifs is 1. The van der Waals surface area contributed by atoms with Crippen LogP contribution in [0.5, 0.6) is 5.75 Å². The molecule has 2 N–H and O–H groups in total. The van der Waals surface area contributed by atoms with Crippen molar-refractivity contribution in [2.45, 2.75) is 38.6 Å². The first kappa shape index (κ1) is 21.6. The molecular formula is C24H28N2O4. The van der Waals surface area contributed by atoms with Crippen LogP contribution >= 0.6 is 0 Å². The Labute approximate surface area is 177 Å². The standard InChI is InChI=1S/C24H28N2O4/c27-23(25-29)9-5-2-6-16-30-22-12-11-21-18-26(15-14-20(21)17-22)24(28)13-10-19-7-3-1-4-8-19/h1,3-4,7-8,10-13,17,29H,2,5-6,9,14-16,18H2,(H,25,27)/b13-10+. The summed E-state index contributed by atoms with van der Waals surface area (Å²) in [5, 5.41) is 8.45. The van der Waals surface area contributed by atoms with Crippen LogP contribution in [0.4, 0.5) is 0 Å². The summed E-state index contributed by atoms with van der Waals surface area (Å²) in [6.07, 6.45) is 7.08. The van der Waals surface area contributed by atoms with Crippen LogP contribution in [0.1, 0.15) is 42.4 Å². The van der Waals surface area contributed by atoms with E-state index in [0.29, 0.717) is 26.1 Å². The minimum absolute atomic E-state index is 0.0275. The molecule has 1 heterocycles. The number of nitrogens with zero attached hydrogens (tertiary/aromatic N) is 1. The predicted molar refractivity (Wildman–Crippen MR) is 115 cm³/mol. The van der Waals surface area contributed by atoms with E-state index in [0.717, 1.165) is 42.6 Å². The third kappa shape index (κ3) is 6.46. The molecule has 0 bridgehead atoms. The van der Waals surface area contributed by atoms with Crippen molar-refractivity contribution in [3.05, 3.63) is 71.3 Å². The molecule has 0 atom stereocenters. The van der Waals surface area contributed by atoms with Crippen molar-refractivity contribution in [3.63, 3.8) is 0 Å². The van der Waals surface area contributed by atoms with E-state index in [1.807, 2.05) is 53.4 Å². The van der Waals surface area contributed by atoms with E-state index in [-0.39, 0.29) is 11.8 Å². The highest BCUT2D eigenvalue weighted by molar-refractivity contribution is 5.91. The second-order valence-corrected chi connectivity index (χ2v) is 7.38. The van der Waals surface area contributed by atoms with Gasteiger partial charge < -0.3 is 9.64 Å². The molecule has 3 rings (SSSR count). The van der Waals surface area contributed by atoms with Gasteiger partial charge in [0.25, 0.3) is 0 Å². The van der Waals surface area contributed by atoms with E-state index in [2.05, 4.69) is 6.07 Å². The average molecular weight is 408 g/mol. The lowest BCUT2D eigenvalue weighted by molar-refractivity contribution is -0.129. The number of amides is 2. The number of hydroxylamine groups is 1. The Morgan fingerprint density at radius 2 is 1.90 bits per heavy atom. The van der Waals surface area contributed by atoms with Crippen LogP contribution in [-0.4, -0.2) is 35.1 Å². The molecule has 2 aromatic rings. The fraction of sp³-hybridized carbons (Fsp3) is 0.333. The van der Waals surface area contributed by atoms with Gasteiger partial charge in [-0.25, -0.2) is 5.48 Å². The Morgan fingerprint density at radius 3 is 2.70 bits per heavy atom. The molecule has 2 amide bonds. The molecule has 158 valence electrons. The third-order valence-corrected chi connectivity index (χ3v) is 5.16. The second-order valence-electron chi connectivity index (χ2n) is 7.38. The molecule has 6 nitrogen and oxygen atoms in total. The molecule has 0 saturated carbocycles. The normalized spacial score (nSPS) is 13.2. The summed E-state index contributed by atoms with van der Waals surface area (Å²) >= 11 is 0. The molecule has 0 spiro atoms. The molecule has 0 aliphatic carbocycles. The zero-order chi connectivity index (χ0) is 21.2. The lowest BCUT2D eigenvalue weighted by Gasteiger charge is -2.28. The van der Waals surface area contributed by atoms with Gasteiger partial charge in [-0.15, -0.1) is 0 Å². The molecule has 0 saturated heterocycles. The second kappa shape index (κ2) is 11.2. The zero-order valence-electron chi connectivity index (χ0n) is 17.0. The van der Waals surface area contributed by atoms with Gasteiger partial charge in [-0.3, -0.25) is 14.8 Å². The molecular weight excluding hydrogens is 380 g/mol. The van der Waals surface area contributed by atoms with E-state index < -0.39 is 0 Å². The summed E-state index contributed by atoms with van der Waals surface area (Å²) in [6, 6.07) is 15.9. The number of carbonyl (C=O) groups is 2. The fourth-order valence-corrected chi connectivity index (χ4v) is 3.45. The van der Waals surface area contributed by atoms with E-state index in [4.69, 9.17) is 9.94 Å². The maximum absolute atomic E-state index is 12.5. The van der Waals surface area contributed by atoms with Crippen molar-refractivity contribution in [1.29, 1.82) is 0 Å². The summed E-state index contributed by atoms with van der Waals surface area (Å²) in [7, 11) is 0. The van der Waals surface area contributed by atoms with Crippen LogP contribution in [0.25, 0.3) is 6.08 Å². The highest BCUT2D eigenvalue weighted by Crippen LogP contribution is 2.24. The molecule has 2 aromatic carbocycles. The summed E-state index contributed by atoms with van der Waals surface area (Å²) in [6.45, 7) is 1.90. The van der Waals surface area contributed by atoms with Gasteiger partial charge in [-0.2, -0.15) is 0 Å². The maximum Gasteiger partial charge on any atom is 0.246 e. The van der Waals surface area contributed by atoms with E-state index >= 15 is 0 Å². The Kier molecular flexibility index (Phi) is 8.03. The Morgan fingerprint density at radius 1 is 1.07 bits per heavy atom. The number of carbonyl (C=O) groups excluding carboxylic acids is 2. The van der Waals surface area contributed by atoms with Crippen LogP contribution in [0, 0.1) is 0 Å². The lowest BCUT2D eigenvalue weighted by Crippen LogP contribution is -2.34. The molecule has 0 aromatic heterocycles. The maximum atomic E-state index is 12.5. The zero-order valence-corrected chi connectivity index (χ0v) is 17.0. The molecule has 1 aliphatic rings. The Balaban J connectivity index is 1.45. The number of hydrogen-bond donors (Lipinski definition) is 2. The van der Waals surface area contributed by atoms with Crippen molar-refractivity contribution < 1.29 is 19.5 Å². The largest absolute Gasteiger partial charge is 0.494 e. The third-order valence-electron chi connectivity index (χ3n) is 5.16. The van der Waals surface area contributed by atoms with Crippen molar-refractivity contribution in [1.82, 2.24) is 10.4 Å². The number of hydrogen-bond acceptors (Lipinski definition) is 4. The van der Waals surface area contributed by atoms with E-state index in [1.54, 1.807) is 11.6 Å². The molecule has 0 radical (unpaired) electrons. The summed E-state index contributed by atoms with van der Waals surface area (Å²) in [5.41, 5.74) is 5.03. The Bertz CT molecular complexity index is 880. The lowest BCUT2D eigenvalue weighted by atomic mass is 9.99. The first-order valence-electron chi connectivity index (χ1n) is 10.4. The number of nitrogens with one attached hydrogen (secondary N) is 1. The van der Waals surface area contributed by atoms with Crippen LogP contribution in [0.15, 0.2) is 54.6 Å². The van der Waals surface area contributed by atoms with E-state index in [9.17, 15) is 9.59 Å². The highest BCUT2D eigenvalue weighted by Gasteiger charge is 2.19. The number of benzene rings is 2. The SMILES string of the molecule is O=C(CCCCCOc1ccc2c(c1)CCN(C(=O)/C=C/c1ccccc1)C2)NO. The topological polar surface area (TPSA) is 78.9 Å². The molecule has 1 aliphatic heterocycles. The first-order chi connectivity index (χ1) is 14.7. The van der Waals surface area contributed by atoms with Gasteiger partial charge in [0, 0.05) is 25.6 Å². The van der Waals surface area contributed by atoms with Gasteiger partial charge in [0.1, 0.15) is 5.75 Å². The number of rotatable bonds is 9. The van der Waals surface area contributed by atoms with E-state index in [1.165, 1.54) is 5.56 Å². The number of ether oxygens (including phenoxy) is 1. The van der Waals surface area contributed by atoms with Crippen LogP contribution in [0.2, 0.25) is 0 Å². The van der Waals surface area contributed by atoms with Crippen LogP contribution < -0.4 is 10.2 Å². The average Bonchev–Trinajstić information content (AvgIpc) is 2.79. The highest BCUT2D eigenvalue weighted by atomic mass is 16.5. The summed E-state index contributed by atoms with van der Waals surface area (Å²) < 4.78 is 5.83. The predicted octanol–water partition coefficient (Wildman–Crippen LogP) is 3.73. The van der Waals surface area contributed by atoms with Gasteiger partial charge in [-0.1, -0.05) is 36.4 Å². The van der Waals surface area contributed by atoms with Gasteiger partial charge in [0.05, 0.1) is 6.61 Å². The first-order valence-corrected chi connectivity index (χ1v) is 10.4. The monoisotopic (exact) mass is 408 g/mol. The van der Waals surface area contributed by atoms with Gasteiger partial charge >= 0.3 is 0 Å². The van der Waals surface area contributed by atoms with Gasteiger partial charge in [-0.05, 0) is 60.6 Å². The number of unbranched alkanes of at least 4 members (excludes halogenated alkanes) is 2. The van der Waals surface area contributed by atoms with Crippen molar-refractivity contribution in [2.24, 2.45) is 0 Å². The quantitative estimate of drug-likeness (QED) is 0.287. The minimum atomic E-state index is -0.353. The molecule has 0 unspecified atom stereocenters. The molecule has 0 fully saturated rings. The molecule has 6 heteroatoms. The summed E-state index contributed by atoms with van der Waals surface area (Å²) in [5.74, 6) is 0.513. The van der Waals surface area contributed by atoms with Crippen LogP contribution in [-0.2, 0) is 22.6 Å². The van der Waals surface area contributed by atoms with Gasteiger partial charge in [0.15, 0.2) is 0 Å². The smallest absolute Gasteiger partial charge is 0.246 e. The Hall–Kier alpha value is -3.12. The van der Waals surface area contributed by atoms with Crippen molar-refractivity contribution in [2.75, 3.05) is 13.2 Å². The fourth-order valence-electron chi connectivity index (χ4n) is 3.45.